The lowest BCUT2D eigenvalue weighted by Crippen LogP contribution is -2.45. The van der Waals surface area contributed by atoms with Crippen LogP contribution in [0.3, 0.4) is 0 Å². The molecule has 2 rings (SSSR count). The molecular weight excluding hydrogens is 300 g/mol. The minimum absolute atomic E-state index is 0.375. The third-order valence-corrected chi connectivity index (χ3v) is 5.88. The number of hydrogen-bond acceptors (Lipinski definition) is 3. The van der Waals surface area contributed by atoms with Gasteiger partial charge in [0.1, 0.15) is 5.75 Å². The van der Waals surface area contributed by atoms with Crippen molar-refractivity contribution in [3.8, 4) is 5.75 Å². The molecule has 124 valence electrons. The van der Waals surface area contributed by atoms with Gasteiger partial charge in [0.05, 0.1) is 6.61 Å². The maximum Gasteiger partial charge on any atom is 0.282 e. The summed E-state index contributed by atoms with van der Waals surface area (Å²) < 4.78 is 33.7. The van der Waals surface area contributed by atoms with Crippen LogP contribution in [0, 0.1) is 5.92 Å². The molecule has 0 bridgehead atoms. The van der Waals surface area contributed by atoms with E-state index in [1.807, 2.05) is 31.2 Å². The Bertz CT molecular complexity index is 572. The van der Waals surface area contributed by atoms with Gasteiger partial charge in [-0.2, -0.15) is 17.0 Å². The number of benzene rings is 1. The molecule has 0 aromatic heterocycles. The van der Waals surface area contributed by atoms with Crippen molar-refractivity contribution in [3.63, 3.8) is 0 Å². The van der Waals surface area contributed by atoms with Gasteiger partial charge in [-0.15, -0.1) is 0 Å². The largest absolute Gasteiger partial charge is 0.494 e. The van der Waals surface area contributed by atoms with Crippen molar-refractivity contribution >= 4 is 10.2 Å². The molecule has 1 aromatic carbocycles. The molecule has 5 nitrogen and oxygen atoms in total. The second-order valence-corrected chi connectivity index (χ2v) is 7.98. The zero-order valence-corrected chi connectivity index (χ0v) is 14.5. The van der Waals surface area contributed by atoms with Crippen molar-refractivity contribution in [2.45, 2.75) is 33.2 Å². The molecule has 1 unspecified atom stereocenters. The van der Waals surface area contributed by atoms with Gasteiger partial charge >= 0.3 is 0 Å². The maximum atomic E-state index is 12.6. The minimum Gasteiger partial charge on any atom is -0.494 e. The highest BCUT2D eigenvalue weighted by molar-refractivity contribution is 7.86. The van der Waals surface area contributed by atoms with Crippen LogP contribution in [0.2, 0.25) is 0 Å². The average Bonchev–Trinajstić information content (AvgIpc) is 2.49. The number of rotatable bonds is 6. The Balaban J connectivity index is 2.02. The van der Waals surface area contributed by atoms with E-state index in [1.165, 1.54) is 4.31 Å². The second kappa shape index (κ2) is 7.44. The van der Waals surface area contributed by atoms with Crippen LogP contribution in [0.1, 0.15) is 32.3 Å². The first kappa shape index (κ1) is 17.2. The van der Waals surface area contributed by atoms with E-state index in [1.54, 1.807) is 11.4 Å². The molecule has 0 aliphatic carbocycles. The van der Waals surface area contributed by atoms with Crippen LogP contribution in [-0.4, -0.2) is 43.8 Å². The van der Waals surface area contributed by atoms with Gasteiger partial charge in [-0.05, 0) is 43.4 Å². The normalized spacial score (nSPS) is 20.3. The summed E-state index contributed by atoms with van der Waals surface area (Å²) in [6, 6.07) is 7.58. The predicted molar refractivity (Wildman–Crippen MR) is 88.0 cm³/mol. The highest BCUT2D eigenvalue weighted by atomic mass is 32.2. The monoisotopic (exact) mass is 326 g/mol. The van der Waals surface area contributed by atoms with Gasteiger partial charge in [0.15, 0.2) is 0 Å². The van der Waals surface area contributed by atoms with E-state index in [0.717, 1.165) is 24.2 Å². The average molecular weight is 326 g/mol. The van der Waals surface area contributed by atoms with Crippen LogP contribution in [0.5, 0.6) is 5.75 Å². The summed E-state index contributed by atoms with van der Waals surface area (Å²) in [4.78, 5) is 0. The summed E-state index contributed by atoms with van der Waals surface area (Å²) in [6.45, 7) is 6.29. The van der Waals surface area contributed by atoms with Crippen molar-refractivity contribution < 1.29 is 13.2 Å². The highest BCUT2D eigenvalue weighted by Crippen LogP contribution is 2.21. The predicted octanol–water partition coefficient (Wildman–Crippen LogP) is 2.49. The van der Waals surface area contributed by atoms with Gasteiger partial charge in [0.2, 0.25) is 0 Å². The fraction of sp³-hybridized carbons (Fsp3) is 0.625. The Morgan fingerprint density at radius 3 is 2.59 bits per heavy atom. The molecule has 1 heterocycles. The van der Waals surface area contributed by atoms with Crippen LogP contribution < -0.4 is 4.74 Å². The van der Waals surface area contributed by atoms with Gasteiger partial charge in [-0.25, -0.2) is 0 Å². The van der Waals surface area contributed by atoms with Gasteiger partial charge in [-0.1, -0.05) is 19.1 Å². The third-order valence-electron chi connectivity index (χ3n) is 3.98. The number of nitrogens with zero attached hydrogens (tertiary/aromatic N) is 2. The van der Waals surface area contributed by atoms with E-state index < -0.39 is 10.2 Å². The molecule has 0 amide bonds. The molecule has 1 aliphatic rings. The lowest BCUT2D eigenvalue weighted by Gasteiger charge is -2.33. The molecule has 1 aliphatic heterocycles. The van der Waals surface area contributed by atoms with Crippen LogP contribution in [0.25, 0.3) is 0 Å². The van der Waals surface area contributed by atoms with Gasteiger partial charge in [0, 0.05) is 26.7 Å². The Morgan fingerprint density at radius 1 is 1.32 bits per heavy atom. The first-order chi connectivity index (χ1) is 10.4. The molecule has 0 saturated carbocycles. The lowest BCUT2D eigenvalue weighted by atomic mass is 10.0. The molecule has 0 N–H and O–H groups in total. The van der Waals surface area contributed by atoms with Crippen LogP contribution in [-0.2, 0) is 16.8 Å². The zero-order valence-electron chi connectivity index (χ0n) is 13.7. The fourth-order valence-corrected chi connectivity index (χ4v) is 4.26. The van der Waals surface area contributed by atoms with Gasteiger partial charge < -0.3 is 4.74 Å². The lowest BCUT2D eigenvalue weighted by molar-refractivity contribution is 0.263. The summed E-state index contributed by atoms with van der Waals surface area (Å²) in [6.07, 6.45) is 2.05. The smallest absolute Gasteiger partial charge is 0.282 e. The third kappa shape index (κ3) is 4.21. The highest BCUT2D eigenvalue weighted by Gasteiger charge is 2.30. The molecule has 1 fully saturated rings. The molecule has 0 radical (unpaired) electrons. The number of hydrogen-bond donors (Lipinski definition) is 0. The first-order valence-corrected chi connectivity index (χ1v) is 9.26. The molecule has 1 saturated heterocycles. The quantitative estimate of drug-likeness (QED) is 0.807. The topological polar surface area (TPSA) is 49.9 Å². The summed E-state index contributed by atoms with van der Waals surface area (Å²) in [5, 5.41) is 0. The van der Waals surface area contributed by atoms with E-state index >= 15 is 0 Å². The van der Waals surface area contributed by atoms with E-state index in [-0.39, 0.29) is 0 Å². The van der Waals surface area contributed by atoms with Crippen molar-refractivity contribution in [2.24, 2.45) is 5.92 Å². The van der Waals surface area contributed by atoms with Crippen molar-refractivity contribution in [1.29, 1.82) is 0 Å². The standard InChI is InChI=1S/C16H26N2O3S/c1-4-21-16-9-7-15(8-10-16)13-17(3)22(19,20)18-11-5-6-14(2)12-18/h7-10,14H,4-6,11-13H2,1-3H3. The number of ether oxygens (including phenoxy) is 1. The summed E-state index contributed by atoms with van der Waals surface area (Å²) >= 11 is 0. The molecule has 0 spiro atoms. The summed E-state index contributed by atoms with van der Waals surface area (Å²) in [7, 11) is -1.73. The Hall–Kier alpha value is -1.11. The second-order valence-electron chi connectivity index (χ2n) is 5.95. The van der Waals surface area contributed by atoms with Gasteiger partial charge in [0.25, 0.3) is 10.2 Å². The summed E-state index contributed by atoms with van der Waals surface area (Å²) in [5.74, 6) is 1.24. The summed E-state index contributed by atoms with van der Waals surface area (Å²) in [5.41, 5.74) is 0.958. The molecule has 1 aromatic rings. The van der Waals surface area contributed by atoms with E-state index in [4.69, 9.17) is 4.74 Å². The zero-order chi connectivity index (χ0) is 16.2. The van der Waals surface area contributed by atoms with E-state index in [2.05, 4.69) is 6.92 Å². The number of piperidine rings is 1. The van der Waals surface area contributed by atoms with Crippen LogP contribution in [0.4, 0.5) is 0 Å². The molecular formula is C16H26N2O3S. The molecule has 6 heteroatoms. The SMILES string of the molecule is CCOc1ccc(CN(C)S(=O)(=O)N2CCCC(C)C2)cc1. The first-order valence-electron chi connectivity index (χ1n) is 7.86. The Morgan fingerprint density at radius 2 is 2.00 bits per heavy atom. The minimum atomic E-state index is -3.38. The fourth-order valence-electron chi connectivity index (χ4n) is 2.75. The van der Waals surface area contributed by atoms with E-state index in [9.17, 15) is 8.42 Å². The van der Waals surface area contributed by atoms with E-state index in [0.29, 0.717) is 32.2 Å². The van der Waals surface area contributed by atoms with Crippen molar-refractivity contribution in [3.05, 3.63) is 29.8 Å². The van der Waals surface area contributed by atoms with Crippen molar-refractivity contribution in [1.82, 2.24) is 8.61 Å². The Labute approximate surface area is 134 Å². The molecule has 1 atom stereocenters. The maximum absolute atomic E-state index is 12.6. The van der Waals surface area contributed by atoms with Crippen LogP contribution >= 0.6 is 0 Å². The van der Waals surface area contributed by atoms with Gasteiger partial charge in [-0.3, -0.25) is 0 Å². The van der Waals surface area contributed by atoms with Crippen LogP contribution in [0.15, 0.2) is 24.3 Å². The molecule has 22 heavy (non-hydrogen) atoms. The van der Waals surface area contributed by atoms with Crippen molar-refractivity contribution in [2.75, 3.05) is 26.7 Å². The Kier molecular flexibility index (Phi) is 5.83.